The third-order valence-corrected chi connectivity index (χ3v) is 4.74. The molecule has 0 fully saturated rings. The highest BCUT2D eigenvalue weighted by Gasteiger charge is 2.18. The number of unbranched alkanes of at least 4 members (excludes halogenated alkanes) is 1. The number of aromatic nitrogens is 4. The normalized spacial score (nSPS) is 14.2. The summed E-state index contributed by atoms with van der Waals surface area (Å²) >= 11 is 0. The van der Waals surface area contributed by atoms with Crippen LogP contribution in [0.25, 0.3) is 22.1 Å². The number of nitrogens with one attached hydrogen (secondary N) is 1. The average Bonchev–Trinajstić information content (AvgIpc) is 2.91. The Morgan fingerprint density at radius 3 is 2.88 bits per heavy atom. The summed E-state index contributed by atoms with van der Waals surface area (Å²) in [4.78, 5) is 13.5. The monoisotopic (exact) mass is 363 g/mol. The quantitative estimate of drug-likeness (QED) is 0.618. The van der Waals surface area contributed by atoms with Gasteiger partial charge in [-0.1, -0.05) is 13.3 Å². The second kappa shape index (κ2) is 6.93. The average molecular weight is 363 g/mol. The largest absolute Gasteiger partial charge is 0.382 e. The first-order valence-electron chi connectivity index (χ1n) is 8.26. The second-order valence-electron chi connectivity index (χ2n) is 6.05. The highest BCUT2D eigenvalue weighted by atomic mass is 32.2. The molecule has 3 aromatic heterocycles. The number of pyridine rings is 2. The van der Waals surface area contributed by atoms with Gasteiger partial charge in [-0.15, -0.1) is 0 Å². The van der Waals surface area contributed by atoms with Gasteiger partial charge in [0.05, 0.1) is 5.52 Å². The minimum atomic E-state index is -3.00. The van der Waals surface area contributed by atoms with Gasteiger partial charge in [-0.05, 0) is 18.6 Å². The summed E-state index contributed by atoms with van der Waals surface area (Å²) in [7, 11) is -3.00. The van der Waals surface area contributed by atoms with Crippen molar-refractivity contribution in [2.75, 3.05) is 18.5 Å². The highest BCUT2D eigenvalue weighted by Crippen LogP contribution is 2.27. The van der Waals surface area contributed by atoms with Gasteiger partial charge in [-0.25, -0.2) is 14.2 Å². The van der Waals surface area contributed by atoms with Crippen LogP contribution in [0.4, 0.5) is 5.82 Å². The van der Waals surface area contributed by atoms with E-state index in [1.54, 1.807) is 6.20 Å². The number of nitrogen functional groups attached to an aromatic ring is 1. The summed E-state index contributed by atoms with van der Waals surface area (Å²) in [5, 5.41) is 0. The molecule has 3 rings (SSSR count). The molecule has 0 radical (unpaired) electrons. The minimum Gasteiger partial charge on any atom is -0.382 e. The zero-order valence-electron chi connectivity index (χ0n) is 14.4. The Kier molecular flexibility index (Phi) is 4.87. The lowest BCUT2D eigenvalue weighted by atomic mass is 10.2. The Hall–Kier alpha value is -2.26. The Morgan fingerprint density at radius 2 is 2.16 bits per heavy atom. The van der Waals surface area contributed by atoms with E-state index >= 15 is 0 Å². The number of imidazole rings is 1. The Balaban J connectivity index is 2.14. The van der Waals surface area contributed by atoms with Crippen LogP contribution in [0.3, 0.4) is 0 Å². The van der Waals surface area contributed by atoms with Crippen LogP contribution >= 0.6 is 0 Å². The van der Waals surface area contributed by atoms with Gasteiger partial charge in [-0.3, -0.25) is 4.98 Å². The molecule has 0 amide bonds. The van der Waals surface area contributed by atoms with E-state index in [-0.39, 0.29) is 0 Å². The smallest absolute Gasteiger partial charge is 0.340 e. The molecule has 0 saturated heterocycles. The van der Waals surface area contributed by atoms with Gasteiger partial charge in [0.15, 0.2) is 5.82 Å². The number of rotatable bonds is 7. The fourth-order valence-electron chi connectivity index (χ4n) is 2.88. The zero-order valence-corrected chi connectivity index (χ0v) is 15.2. The predicted octanol–water partition coefficient (Wildman–Crippen LogP) is 1.61. The molecule has 134 valence electrons. The first-order valence-corrected chi connectivity index (χ1v) is 10.2. The maximum Gasteiger partial charge on any atom is 0.340 e. The van der Waals surface area contributed by atoms with Gasteiger partial charge in [0.25, 0.3) is 0 Å². The Labute approximate surface area is 146 Å². The summed E-state index contributed by atoms with van der Waals surface area (Å²) in [6, 6.07) is 3.69. The molecule has 1 unspecified atom stereocenters. The van der Waals surface area contributed by atoms with Gasteiger partial charge < -0.3 is 10.3 Å². The first kappa shape index (κ1) is 17.6. The molecule has 0 bridgehead atoms. The Morgan fingerprint density at radius 1 is 1.36 bits per heavy atom. The minimum absolute atomic E-state index is 0.340. The van der Waals surface area contributed by atoms with Crippen LogP contribution in [0, 0.1) is 0 Å². The van der Waals surface area contributed by atoms with Crippen molar-refractivity contribution in [2.45, 2.75) is 32.7 Å². The van der Waals surface area contributed by atoms with E-state index in [1.165, 1.54) is 6.26 Å². The fraction of sp³-hybridized carbons (Fsp3) is 0.438. The van der Waals surface area contributed by atoms with Crippen molar-refractivity contribution in [1.82, 2.24) is 24.2 Å². The third-order valence-electron chi connectivity index (χ3n) is 4.00. The molecule has 9 heteroatoms. The Bertz CT molecular complexity index is 1010. The molecule has 8 nitrogen and oxygen atoms in total. The van der Waals surface area contributed by atoms with E-state index in [2.05, 4.69) is 26.6 Å². The van der Waals surface area contributed by atoms with Crippen molar-refractivity contribution in [1.29, 1.82) is 0 Å². The molecule has 3 aromatic rings. The zero-order chi connectivity index (χ0) is 18.0. The molecule has 0 aliphatic heterocycles. The number of hydrogen-bond acceptors (Lipinski definition) is 5. The maximum absolute atomic E-state index is 11.5. The summed E-state index contributed by atoms with van der Waals surface area (Å²) in [5.74, 6) is 1.27. The molecule has 0 saturated carbocycles. The lowest BCUT2D eigenvalue weighted by Crippen LogP contribution is -2.26. The maximum atomic E-state index is 11.5. The van der Waals surface area contributed by atoms with Gasteiger partial charge in [0.1, 0.15) is 28.6 Å². The molecule has 0 aliphatic carbocycles. The number of fused-ring (bicyclic) bond motifs is 3. The predicted molar refractivity (Wildman–Crippen MR) is 99.9 cm³/mol. The molecule has 1 atom stereocenters. The van der Waals surface area contributed by atoms with E-state index < -0.39 is 10.0 Å². The molecule has 0 aliphatic rings. The van der Waals surface area contributed by atoms with Crippen LogP contribution in [0.2, 0.25) is 0 Å². The number of hydrogen-bond donors (Lipinski definition) is 2. The van der Waals surface area contributed by atoms with E-state index in [9.17, 15) is 8.42 Å². The first-order chi connectivity index (χ1) is 11.9. The van der Waals surface area contributed by atoms with Crippen molar-refractivity contribution < 1.29 is 8.42 Å². The third kappa shape index (κ3) is 3.72. The van der Waals surface area contributed by atoms with Crippen LogP contribution in [0.5, 0.6) is 0 Å². The topological polar surface area (TPSA) is 120 Å². The number of anilines is 1. The van der Waals surface area contributed by atoms with Crippen LogP contribution < -0.4 is 10.5 Å². The van der Waals surface area contributed by atoms with E-state index in [0.717, 1.165) is 36.1 Å². The van der Waals surface area contributed by atoms with Crippen molar-refractivity contribution in [3.63, 3.8) is 0 Å². The van der Waals surface area contributed by atoms with E-state index in [0.29, 0.717) is 29.9 Å². The van der Waals surface area contributed by atoms with Crippen molar-refractivity contribution in [2.24, 2.45) is 0 Å². The molecule has 0 aromatic carbocycles. The number of nitrogens with two attached hydrogens (primary N) is 1. The van der Waals surface area contributed by atoms with Crippen LogP contribution in [-0.4, -0.2) is 40.7 Å². The molecule has 4 N–H and O–H groups in total. The van der Waals surface area contributed by atoms with Crippen LogP contribution in [0.15, 0.2) is 18.3 Å². The van der Waals surface area contributed by atoms with Gasteiger partial charge in [0, 0.05) is 25.7 Å². The summed E-state index contributed by atoms with van der Waals surface area (Å²) in [6.07, 6.45) is 5.83. The van der Waals surface area contributed by atoms with Gasteiger partial charge in [0.2, 0.25) is 0 Å². The molecule has 0 spiro atoms. The lowest BCUT2D eigenvalue weighted by molar-refractivity contribution is 0.589. The molecular weight excluding hydrogens is 340 g/mol. The van der Waals surface area contributed by atoms with Crippen LogP contribution in [-0.2, 0) is 23.0 Å². The van der Waals surface area contributed by atoms with E-state index in [4.69, 9.17) is 5.73 Å². The van der Waals surface area contributed by atoms with Crippen molar-refractivity contribution in [3.8, 4) is 0 Å². The summed E-state index contributed by atoms with van der Waals surface area (Å²) in [6.45, 7) is 2.96. The molecular formula is C16H23N6O2S+. The van der Waals surface area contributed by atoms with E-state index in [1.807, 2.05) is 16.7 Å². The standard InChI is InChI=1S/C16H22N6O2S/c1-3-4-7-12-21-14-15(22(12)10-9-19-25(2,23)24)13-11(20-16(14)17)6-5-8-18-13/h5-6,8H,3-4,7,9-10H2,1-2H3,(H2,17,20)(H,19,23,24)/p+1. The van der Waals surface area contributed by atoms with Crippen LogP contribution in [0.1, 0.15) is 25.6 Å². The van der Waals surface area contributed by atoms with Crippen molar-refractivity contribution in [3.05, 3.63) is 24.2 Å². The lowest BCUT2D eigenvalue weighted by Gasteiger charge is -2.10. The van der Waals surface area contributed by atoms with Gasteiger partial charge >= 0.3 is 10.0 Å². The molecule has 3 heterocycles. The SMILES string of the molecule is CCCCc1nc2c(N)nc3cccnc3c2n1CCNS(C)(=O)=[OH+]. The number of aryl methyl sites for hydroxylation is 1. The summed E-state index contributed by atoms with van der Waals surface area (Å²) < 4.78 is 25.6. The second-order valence-corrected chi connectivity index (χ2v) is 7.94. The summed E-state index contributed by atoms with van der Waals surface area (Å²) in [5.41, 5.74) is 9.03. The van der Waals surface area contributed by atoms with Crippen molar-refractivity contribution >= 4 is 37.9 Å². The highest BCUT2D eigenvalue weighted by molar-refractivity contribution is 7.88. The fourth-order valence-corrected chi connectivity index (χ4v) is 3.35. The number of nitrogens with zero attached hydrogens (tertiary/aromatic N) is 4. The molecule has 25 heavy (non-hydrogen) atoms. The van der Waals surface area contributed by atoms with Gasteiger partial charge in [-0.2, -0.15) is 8.93 Å².